The standard InChI is InChI=1S/C14H22FN3/c1-2-10-18(12-7-5-11(16)6-8-12)14-13(15)4-3-9-17-14/h3-4,9,11-12H,2,5-8,10,16H2,1H3. The Bertz CT molecular complexity index is 375. The minimum Gasteiger partial charge on any atom is -0.351 e. The monoisotopic (exact) mass is 251 g/mol. The second-order valence-corrected chi connectivity index (χ2v) is 5.07. The molecule has 0 spiro atoms. The largest absolute Gasteiger partial charge is 0.351 e. The molecule has 1 aromatic heterocycles. The number of hydrogen-bond donors (Lipinski definition) is 1. The zero-order valence-corrected chi connectivity index (χ0v) is 11.0. The number of hydrogen-bond acceptors (Lipinski definition) is 3. The Kier molecular flexibility index (Phi) is 4.53. The van der Waals surface area contributed by atoms with Gasteiger partial charge in [-0.1, -0.05) is 6.92 Å². The van der Waals surface area contributed by atoms with Crippen LogP contribution in [0, 0.1) is 5.82 Å². The van der Waals surface area contributed by atoms with E-state index in [9.17, 15) is 4.39 Å². The Balaban J connectivity index is 2.15. The summed E-state index contributed by atoms with van der Waals surface area (Å²) in [4.78, 5) is 6.34. The van der Waals surface area contributed by atoms with Crippen molar-refractivity contribution in [1.82, 2.24) is 4.98 Å². The Morgan fingerprint density at radius 1 is 1.39 bits per heavy atom. The zero-order chi connectivity index (χ0) is 13.0. The highest BCUT2D eigenvalue weighted by atomic mass is 19.1. The number of rotatable bonds is 4. The molecule has 0 radical (unpaired) electrons. The van der Waals surface area contributed by atoms with Gasteiger partial charge in [0, 0.05) is 24.8 Å². The summed E-state index contributed by atoms with van der Waals surface area (Å²) in [6.45, 7) is 2.97. The van der Waals surface area contributed by atoms with E-state index in [0.717, 1.165) is 38.6 Å². The lowest BCUT2D eigenvalue weighted by Gasteiger charge is -2.36. The van der Waals surface area contributed by atoms with Crippen LogP contribution in [0.1, 0.15) is 39.0 Å². The minimum absolute atomic E-state index is 0.221. The SMILES string of the molecule is CCCN(c1ncccc1F)C1CCC(N)CC1. The summed E-state index contributed by atoms with van der Waals surface area (Å²) in [5.41, 5.74) is 5.93. The fourth-order valence-electron chi connectivity index (χ4n) is 2.70. The van der Waals surface area contributed by atoms with E-state index in [4.69, 9.17) is 5.73 Å². The summed E-state index contributed by atoms with van der Waals surface area (Å²) in [7, 11) is 0. The molecule has 0 aromatic carbocycles. The first kappa shape index (κ1) is 13.3. The lowest BCUT2D eigenvalue weighted by atomic mass is 9.90. The van der Waals surface area contributed by atoms with Crippen molar-refractivity contribution >= 4 is 5.82 Å². The number of nitrogens with two attached hydrogens (primary N) is 1. The first-order chi connectivity index (χ1) is 8.72. The number of nitrogens with zero attached hydrogens (tertiary/aromatic N) is 2. The topological polar surface area (TPSA) is 42.2 Å². The Hall–Kier alpha value is -1.16. The summed E-state index contributed by atoms with van der Waals surface area (Å²) in [6, 6.07) is 3.83. The van der Waals surface area contributed by atoms with Gasteiger partial charge in [0.15, 0.2) is 11.6 Å². The fourth-order valence-corrected chi connectivity index (χ4v) is 2.70. The molecule has 0 unspecified atom stereocenters. The van der Waals surface area contributed by atoms with Crippen molar-refractivity contribution in [3.63, 3.8) is 0 Å². The molecule has 0 amide bonds. The Labute approximate surface area is 108 Å². The van der Waals surface area contributed by atoms with Crippen LogP contribution in [0.3, 0.4) is 0 Å². The molecule has 1 heterocycles. The van der Waals surface area contributed by atoms with Crippen molar-refractivity contribution in [3.05, 3.63) is 24.1 Å². The normalized spacial score (nSPS) is 23.9. The van der Waals surface area contributed by atoms with Gasteiger partial charge in [0.05, 0.1) is 0 Å². The molecule has 1 saturated carbocycles. The maximum Gasteiger partial charge on any atom is 0.165 e. The van der Waals surface area contributed by atoms with Gasteiger partial charge in [-0.25, -0.2) is 9.37 Å². The number of aromatic nitrogens is 1. The highest BCUT2D eigenvalue weighted by Gasteiger charge is 2.26. The Morgan fingerprint density at radius 2 is 2.11 bits per heavy atom. The van der Waals surface area contributed by atoms with Crippen LogP contribution in [0.4, 0.5) is 10.2 Å². The van der Waals surface area contributed by atoms with Gasteiger partial charge in [-0.15, -0.1) is 0 Å². The van der Waals surface area contributed by atoms with Gasteiger partial charge in [0.25, 0.3) is 0 Å². The van der Waals surface area contributed by atoms with Crippen molar-refractivity contribution < 1.29 is 4.39 Å². The quantitative estimate of drug-likeness (QED) is 0.894. The number of pyridine rings is 1. The molecule has 0 saturated heterocycles. The average Bonchev–Trinajstić information content (AvgIpc) is 2.38. The van der Waals surface area contributed by atoms with E-state index in [1.54, 1.807) is 12.3 Å². The van der Waals surface area contributed by atoms with E-state index in [2.05, 4.69) is 16.8 Å². The first-order valence-electron chi connectivity index (χ1n) is 6.85. The molecule has 3 nitrogen and oxygen atoms in total. The summed E-state index contributed by atoms with van der Waals surface area (Å²) < 4.78 is 13.9. The second kappa shape index (κ2) is 6.14. The maximum atomic E-state index is 13.9. The van der Waals surface area contributed by atoms with E-state index in [0.29, 0.717) is 17.9 Å². The highest BCUT2D eigenvalue weighted by molar-refractivity contribution is 5.41. The molecular weight excluding hydrogens is 229 g/mol. The van der Waals surface area contributed by atoms with Crippen LogP contribution in [0.5, 0.6) is 0 Å². The number of anilines is 1. The van der Waals surface area contributed by atoms with Crippen LogP contribution < -0.4 is 10.6 Å². The Morgan fingerprint density at radius 3 is 2.72 bits per heavy atom. The van der Waals surface area contributed by atoms with Crippen molar-refractivity contribution in [2.24, 2.45) is 5.73 Å². The first-order valence-corrected chi connectivity index (χ1v) is 6.85. The molecule has 0 atom stereocenters. The van der Waals surface area contributed by atoms with Crippen molar-refractivity contribution in [2.45, 2.75) is 51.1 Å². The lowest BCUT2D eigenvalue weighted by molar-refractivity contribution is 0.371. The molecule has 0 bridgehead atoms. The molecule has 0 aliphatic heterocycles. The van der Waals surface area contributed by atoms with E-state index in [-0.39, 0.29) is 5.82 Å². The van der Waals surface area contributed by atoms with Gasteiger partial charge >= 0.3 is 0 Å². The van der Waals surface area contributed by atoms with Gasteiger partial charge in [-0.2, -0.15) is 0 Å². The predicted octanol–water partition coefficient (Wildman–Crippen LogP) is 2.71. The predicted molar refractivity (Wildman–Crippen MR) is 72.1 cm³/mol. The smallest absolute Gasteiger partial charge is 0.165 e. The molecule has 2 rings (SSSR count). The maximum absolute atomic E-state index is 13.9. The van der Waals surface area contributed by atoms with Crippen LogP contribution >= 0.6 is 0 Å². The summed E-state index contributed by atoms with van der Waals surface area (Å²) in [6.07, 6.45) is 6.79. The minimum atomic E-state index is -0.221. The van der Waals surface area contributed by atoms with Gasteiger partial charge in [0.1, 0.15) is 0 Å². The molecule has 1 aliphatic carbocycles. The van der Waals surface area contributed by atoms with Gasteiger partial charge in [-0.05, 0) is 44.2 Å². The van der Waals surface area contributed by atoms with E-state index >= 15 is 0 Å². The molecule has 1 aromatic rings. The van der Waals surface area contributed by atoms with Crippen molar-refractivity contribution in [1.29, 1.82) is 0 Å². The molecule has 1 aliphatic rings. The van der Waals surface area contributed by atoms with Crippen LogP contribution in [-0.2, 0) is 0 Å². The molecular formula is C14H22FN3. The average molecular weight is 251 g/mol. The molecule has 18 heavy (non-hydrogen) atoms. The van der Waals surface area contributed by atoms with Gasteiger partial charge < -0.3 is 10.6 Å². The van der Waals surface area contributed by atoms with Crippen LogP contribution in [0.15, 0.2) is 18.3 Å². The zero-order valence-electron chi connectivity index (χ0n) is 11.0. The summed E-state index contributed by atoms with van der Waals surface area (Å²) in [5.74, 6) is 0.278. The third kappa shape index (κ3) is 2.99. The van der Waals surface area contributed by atoms with Crippen LogP contribution in [0.2, 0.25) is 0 Å². The molecule has 100 valence electrons. The summed E-state index contributed by atoms with van der Waals surface area (Å²) in [5, 5.41) is 0. The van der Waals surface area contributed by atoms with Crippen LogP contribution in [0.25, 0.3) is 0 Å². The lowest BCUT2D eigenvalue weighted by Crippen LogP contribution is -2.42. The third-order valence-electron chi connectivity index (χ3n) is 3.66. The number of halogens is 1. The summed E-state index contributed by atoms with van der Waals surface area (Å²) >= 11 is 0. The molecule has 4 heteroatoms. The van der Waals surface area contributed by atoms with Crippen molar-refractivity contribution in [3.8, 4) is 0 Å². The molecule has 2 N–H and O–H groups in total. The highest BCUT2D eigenvalue weighted by Crippen LogP contribution is 2.27. The fraction of sp³-hybridized carbons (Fsp3) is 0.643. The molecule has 1 fully saturated rings. The van der Waals surface area contributed by atoms with E-state index in [1.165, 1.54) is 6.07 Å². The third-order valence-corrected chi connectivity index (χ3v) is 3.66. The van der Waals surface area contributed by atoms with Gasteiger partial charge in [0.2, 0.25) is 0 Å². The van der Waals surface area contributed by atoms with E-state index in [1.807, 2.05) is 0 Å². The second-order valence-electron chi connectivity index (χ2n) is 5.07. The van der Waals surface area contributed by atoms with E-state index < -0.39 is 0 Å². The van der Waals surface area contributed by atoms with Crippen LogP contribution in [-0.4, -0.2) is 23.6 Å². The van der Waals surface area contributed by atoms with Crippen molar-refractivity contribution in [2.75, 3.05) is 11.4 Å². The van der Waals surface area contributed by atoms with Gasteiger partial charge in [-0.3, -0.25) is 0 Å².